The van der Waals surface area contributed by atoms with Gasteiger partial charge in [-0.25, -0.2) is 9.59 Å². The van der Waals surface area contributed by atoms with Gasteiger partial charge in [-0.15, -0.1) is 0 Å². The van der Waals surface area contributed by atoms with Crippen molar-refractivity contribution in [1.82, 2.24) is 0 Å². The van der Waals surface area contributed by atoms with Gasteiger partial charge in [0.2, 0.25) is 0 Å². The zero-order valence-electron chi connectivity index (χ0n) is 9.28. The second kappa shape index (κ2) is 6.40. The number of nitrogens with zero attached hydrogens (tertiary/aromatic N) is 1. The van der Waals surface area contributed by atoms with Crippen molar-refractivity contribution in [3.63, 3.8) is 0 Å². The molecule has 0 spiro atoms. The van der Waals surface area contributed by atoms with Crippen LogP contribution in [0.5, 0.6) is 0 Å². The Balaban J connectivity index is 4.38. The van der Waals surface area contributed by atoms with Crippen LogP contribution in [0.2, 0.25) is 0 Å². The minimum atomic E-state index is -0.875. The summed E-state index contributed by atoms with van der Waals surface area (Å²) in [4.78, 5) is 22.3. The second-order valence-electron chi connectivity index (χ2n) is 2.88. The third kappa shape index (κ3) is 3.96. The summed E-state index contributed by atoms with van der Waals surface area (Å²) >= 11 is 0. The first-order chi connectivity index (χ1) is 7.43. The van der Waals surface area contributed by atoms with Crippen LogP contribution in [0.4, 0.5) is 0 Å². The third-order valence-electron chi connectivity index (χ3n) is 1.69. The zero-order chi connectivity index (χ0) is 12.7. The van der Waals surface area contributed by atoms with E-state index < -0.39 is 18.0 Å². The van der Waals surface area contributed by atoms with Gasteiger partial charge in [-0.3, -0.25) is 0 Å². The maximum absolute atomic E-state index is 11.2. The van der Waals surface area contributed by atoms with Gasteiger partial charge in [-0.05, 0) is 13.8 Å². The molecule has 0 heterocycles. The fourth-order valence-electron chi connectivity index (χ4n) is 0.738. The molecule has 0 aliphatic carbocycles. The average molecular weight is 223 g/mol. The normalized spacial score (nSPS) is 10.8. The molecule has 0 saturated heterocycles. The quantitative estimate of drug-likeness (QED) is 0.396. The number of nitriles is 1. The number of rotatable bonds is 5. The van der Waals surface area contributed by atoms with Crippen molar-refractivity contribution < 1.29 is 19.1 Å². The van der Waals surface area contributed by atoms with Crippen LogP contribution in [-0.2, 0) is 19.1 Å². The smallest absolute Gasteiger partial charge is 0.348 e. The molecule has 0 amide bonds. The van der Waals surface area contributed by atoms with E-state index in [1.165, 1.54) is 6.92 Å². The standard InChI is InChI=1S/C11H13NO4/c1-5-15-11(14)8(3)9(4)16-10(13)7(2)6-12/h9H,2-3,5H2,1,4H3. The summed E-state index contributed by atoms with van der Waals surface area (Å²) in [6.45, 7) is 9.96. The molecular formula is C11H13NO4. The molecule has 0 radical (unpaired) electrons. The first-order valence-electron chi connectivity index (χ1n) is 4.59. The van der Waals surface area contributed by atoms with Crippen LogP contribution in [-0.4, -0.2) is 24.6 Å². The molecule has 1 unspecified atom stereocenters. The molecule has 0 rings (SSSR count). The molecule has 0 bridgehead atoms. The highest BCUT2D eigenvalue weighted by Crippen LogP contribution is 2.08. The Morgan fingerprint density at radius 3 is 2.38 bits per heavy atom. The van der Waals surface area contributed by atoms with Crippen molar-refractivity contribution >= 4 is 11.9 Å². The molecule has 0 aliphatic rings. The highest BCUT2D eigenvalue weighted by molar-refractivity contribution is 5.93. The summed E-state index contributed by atoms with van der Waals surface area (Å²) < 4.78 is 9.45. The van der Waals surface area contributed by atoms with Gasteiger partial charge in [0.1, 0.15) is 17.7 Å². The third-order valence-corrected chi connectivity index (χ3v) is 1.69. The minimum Gasteiger partial charge on any atom is -0.463 e. The van der Waals surface area contributed by atoms with E-state index in [0.29, 0.717) is 0 Å². The van der Waals surface area contributed by atoms with Crippen molar-refractivity contribution in [1.29, 1.82) is 5.26 Å². The Labute approximate surface area is 94.0 Å². The Kier molecular flexibility index (Phi) is 5.57. The molecule has 1 atom stereocenters. The van der Waals surface area contributed by atoms with Crippen LogP contribution in [0.25, 0.3) is 0 Å². The van der Waals surface area contributed by atoms with Gasteiger partial charge in [0.05, 0.1) is 12.2 Å². The summed E-state index contributed by atoms with van der Waals surface area (Å²) in [5, 5.41) is 8.39. The van der Waals surface area contributed by atoms with Gasteiger partial charge in [0.15, 0.2) is 0 Å². The minimum absolute atomic E-state index is 0.0148. The molecule has 0 N–H and O–H groups in total. The first-order valence-corrected chi connectivity index (χ1v) is 4.59. The monoisotopic (exact) mass is 223 g/mol. The van der Waals surface area contributed by atoms with Gasteiger partial charge >= 0.3 is 11.9 Å². The zero-order valence-corrected chi connectivity index (χ0v) is 9.28. The molecule has 0 aliphatic heterocycles. The number of carbonyl (C=O) groups is 2. The Morgan fingerprint density at radius 1 is 1.38 bits per heavy atom. The van der Waals surface area contributed by atoms with Crippen molar-refractivity contribution in [3.05, 3.63) is 24.3 Å². The molecule has 86 valence electrons. The predicted octanol–water partition coefficient (Wildman–Crippen LogP) is 1.12. The molecule has 16 heavy (non-hydrogen) atoms. The summed E-state index contributed by atoms with van der Waals surface area (Å²) in [6, 6.07) is 1.55. The highest BCUT2D eigenvalue weighted by Gasteiger charge is 2.20. The summed E-state index contributed by atoms with van der Waals surface area (Å²) in [6.07, 6.45) is -0.850. The Bertz CT molecular complexity index is 365. The largest absolute Gasteiger partial charge is 0.463 e. The predicted molar refractivity (Wildman–Crippen MR) is 56.1 cm³/mol. The fourth-order valence-corrected chi connectivity index (χ4v) is 0.738. The average Bonchev–Trinajstić information content (AvgIpc) is 2.26. The van der Waals surface area contributed by atoms with E-state index in [2.05, 4.69) is 17.9 Å². The SMILES string of the molecule is C=C(C#N)C(=O)OC(C)C(=C)C(=O)OCC. The molecular weight excluding hydrogens is 210 g/mol. The van der Waals surface area contributed by atoms with Gasteiger partial charge in [0, 0.05) is 0 Å². The molecule has 0 aromatic carbocycles. The first kappa shape index (κ1) is 13.9. The molecule has 0 fully saturated rings. The molecule has 0 aromatic rings. The highest BCUT2D eigenvalue weighted by atomic mass is 16.6. The topological polar surface area (TPSA) is 76.4 Å². The number of ether oxygens (including phenoxy) is 2. The summed E-state index contributed by atoms with van der Waals surface area (Å²) in [7, 11) is 0. The van der Waals surface area contributed by atoms with Crippen molar-refractivity contribution in [3.8, 4) is 6.07 Å². The van der Waals surface area contributed by atoms with E-state index in [0.717, 1.165) is 0 Å². The summed E-state index contributed by atoms with van der Waals surface area (Å²) in [5.41, 5.74) is -0.315. The second-order valence-corrected chi connectivity index (χ2v) is 2.88. The van der Waals surface area contributed by atoms with Gasteiger partial charge < -0.3 is 9.47 Å². The van der Waals surface area contributed by atoms with Crippen molar-refractivity contribution in [2.75, 3.05) is 6.61 Å². The van der Waals surface area contributed by atoms with Gasteiger partial charge in [-0.2, -0.15) is 5.26 Å². The number of hydrogen-bond acceptors (Lipinski definition) is 5. The van der Waals surface area contributed by atoms with Crippen LogP contribution in [0.15, 0.2) is 24.3 Å². The van der Waals surface area contributed by atoms with E-state index in [1.807, 2.05) is 0 Å². The van der Waals surface area contributed by atoms with E-state index >= 15 is 0 Å². The molecule has 5 heteroatoms. The van der Waals surface area contributed by atoms with Crippen molar-refractivity contribution in [2.24, 2.45) is 0 Å². The van der Waals surface area contributed by atoms with E-state index in [1.54, 1.807) is 13.0 Å². The lowest BCUT2D eigenvalue weighted by Crippen LogP contribution is -2.23. The molecule has 0 saturated carbocycles. The van der Waals surface area contributed by atoms with E-state index in [-0.39, 0.29) is 17.8 Å². The fraction of sp³-hybridized carbons (Fsp3) is 0.364. The lowest BCUT2D eigenvalue weighted by Gasteiger charge is -2.13. The summed E-state index contributed by atoms with van der Waals surface area (Å²) in [5.74, 6) is -1.51. The maximum Gasteiger partial charge on any atom is 0.348 e. The maximum atomic E-state index is 11.2. The van der Waals surface area contributed by atoms with Crippen LogP contribution < -0.4 is 0 Å². The lowest BCUT2D eigenvalue weighted by molar-refractivity contribution is -0.145. The Morgan fingerprint density at radius 2 is 1.94 bits per heavy atom. The van der Waals surface area contributed by atoms with E-state index in [9.17, 15) is 9.59 Å². The number of carbonyl (C=O) groups excluding carboxylic acids is 2. The van der Waals surface area contributed by atoms with Crippen LogP contribution in [0, 0.1) is 11.3 Å². The number of esters is 2. The lowest BCUT2D eigenvalue weighted by atomic mass is 10.2. The van der Waals surface area contributed by atoms with Crippen LogP contribution >= 0.6 is 0 Å². The molecule has 5 nitrogen and oxygen atoms in total. The van der Waals surface area contributed by atoms with Crippen molar-refractivity contribution in [2.45, 2.75) is 20.0 Å². The van der Waals surface area contributed by atoms with Gasteiger partial charge in [-0.1, -0.05) is 13.2 Å². The van der Waals surface area contributed by atoms with E-state index in [4.69, 9.17) is 10.00 Å². The van der Waals surface area contributed by atoms with Crippen LogP contribution in [0.3, 0.4) is 0 Å². The van der Waals surface area contributed by atoms with Gasteiger partial charge in [0.25, 0.3) is 0 Å². The Hall–Kier alpha value is -2.09. The number of hydrogen-bond donors (Lipinski definition) is 0. The van der Waals surface area contributed by atoms with Crippen LogP contribution in [0.1, 0.15) is 13.8 Å². The molecule has 0 aromatic heterocycles.